The van der Waals surface area contributed by atoms with E-state index < -0.39 is 57.9 Å². The van der Waals surface area contributed by atoms with Gasteiger partial charge in [-0.15, -0.1) is 0 Å². The molecule has 0 N–H and O–H groups in total. The minimum atomic E-state index is -3.17. The summed E-state index contributed by atoms with van der Waals surface area (Å²) in [5.74, 6) is -1.66. The van der Waals surface area contributed by atoms with Crippen molar-refractivity contribution in [2.45, 2.75) is 23.3 Å². The quantitative estimate of drug-likeness (QED) is 0.0667. The van der Waals surface area contributed by atoms with Gasteiger partial charge in [-0.25, -0.2) is 0 Å². The van der Waals surface area contributed by atoms with Crippen LogP contribution < -0.4 is 19.7 Å². The van der Waals surface area contributed by atoms with E-state index in [2.05, 4.69) is 40.8 Å². The van der Waals surface area contributed by atoms with Crippen LogP contribution in [0.4, 0.5) is 5.82 Å². The van der Waals surface area contributed by atoms with E-state index in [1.54, 1.807) is 95.8 Å². The molecule has 6 aromatic carbocycles. The summed E-state index contributed by atoms with van der Waals surface area (Å²) < 4.78 is 22.8. The van der Waals surface area contributed by atoms with Gasteiger partial charge in [0.2, 0.25) is 0 Å². The van der Waals surface area contributed by atoms with Crippen LogP contribution in [0.15, 0.2) is 207 Å². The fourth-order valence-electron chi connectivity index (χ4n) is 7.86. The molecule has 8 aromatic rings. The van der Waals surface area contributed by atoms with Crippen molar-refractivity contribution >= 4 is 72.9 Å². The van der Waals surface area contributed by atoms with Gasteiger partial charge in [0, 0.05) is 0 Å². The number of aromatic nitrogens is 4. The summed E-state index contributed by atoms with van der Waals surface area (Å²) >= 11 is -0.517. The molecule has 3 heterocycles. The molecule has 316 valence electrons. The standard InChI is InChI=1S/C51H41N5O6SeSi/c1-2-64(41-29-17-7-18-30-41,42-31-19-8-20-32-42)60-34-51(63-40-27-15-6-16-28-40)43(61-50(59)39-25-13-5-14-26-39)33-44(62-51)55-36-54-45-46(55)52-35-53-47(45)56(48(57)37-21-9-3-10-22-37)49(58)38-23-11-4-12-24-38/h2-32,35-36,43-44H,1,33-34H2/t43-,44+,51+/m0/s1. The number of fused-ring (bicyclic) bond motifs is 1. The molecule has 1 fully saturated rings. The van der Waals surface area contributed by atoms with Crippen LogP contribution in [0.3, 0.4) is 0 Å². The third-order valence-electron chi connectivity index (χ3n) is 11.0. The number of carbonyl (C=O) groups is 3. The molecule has 0 unspecified atom stereocenters. The zero-order valence-electron chi connectivity index (χ0n) is 34.4. The molecule has 0 aliphatic carbocycles. The number of imide groups is 1. The first-order chi connectivity index (χ1) is 31.4. The monoisotopic (exact) mass is 927 g/mol. The van der Waals surface area contributed by atoms with Crippen molar-refractivity contribution in [2.24, 2.45) is 0 Å². The van der Waals surface area contributed by atoms with E-state index in [4.69, 9.17) is 18.9 Å². The zero-order valence-corrected chi connectivity index (χ0v) is 37.1. The molecule has 2 amide bonds. The molecule has 1 saturated heterocycles. The normalized spacial score (nSPS) is 17.1. The molecule has 3 atom stereocenters. The van der Waals surface area contributed by atoms with Gasteiger partial charge in [0.15, 0.2) is 0 Å². The third kappa shape index (κ3) is 8.38. The van der Waals surface area contributed by atoms with Gasteiger partial charge in [0.05, 0.1) is 0 Å². The van der Waals surface area contributed by atoms with E-state index in [1.165, 1.54) is 6.33 Å². The van der Waals surface area contributed by atoms with E-state index in [1.807, 2.05) is 78.5 Å². The van der Waals surface area contributed by atoms with Crippen molar-refractivity contribution < 1.29 is 28.3 Å². The van der Waals surface area contributed by atoms with Crippen LogP contribution in [0.25, 0.3) is 11.2 Å². The van der Waals surface area contributed by atoms with E-state index in [0.717, 1.165) is 19.7 Å². The summed E-state index contributed by atoms with van der Waals surface area (Å²) in [5, 5.41) is 1.99. The Morgan fingerprint density at radius 2 is 1.20 bits per heavy atom. The number of anilines is 1. The Labute approximate surface area is 377 Å². The number of ether oxygens (including phenoxy) is 2. The Hall–Kier alpha value is -7.12. The molecule has 11 nitrogen and oxygen atoms in total. The third-order valence-corrected chi connectivity index (χ3v) is 17.4. The number of esters is 1. The Bertz CT molecular complexity index is 2800. The van der Waals surface area contributed by atoms with Gasteiger partial charge in [0.1, 0.15) is 0 Å². The number of benzene rings is 6. The van der Waals surface area contributed by atoms with Crippen molar-refractivity contribution in [3.63, 3.8) is 0 Å². The van der Waals surface area contributed by atoms with Crippen LogP contribution in [0.5, 0.6) is 0 Å². The van der Waals surface area contributed by atoms with Crippen molar-refractivity contribution in [2.75, 3.05) is 11.5 Å². The summed E-state index contributed by atoms with van der Waals surface area (Å²) in [6, 6.07) is 56.1. The molecule has 1 aliphatic heterocycles. The van der Waals surface area contributed by atoms with Crippen LogP contribution in [0.1, 0.15) is 43.7 Å². The van der Waals surface area contributed by atoms with Crippen molar-refractivity contribution in [3.05, 3.63) is 224 Å². The van der Waals surface area contributed by atoms with Crippen LogP contribution in [-0.4, -0.2) is 77.8 Å². The fourth-order valence-corrected chi connectivity index (χ4v) is 13.8. The van der Waals surface area contributed by atoms with Gasteiger partial charge in [-0.2, -0.15) is 0 Å². The Kier molecular flexibility index (Phi) is 12.3. The summed E-state index contributed by atoms with van der Waals surface area (Å²) in [5.41, 5.74) is 3.41. The van der Waals surface area contributed by atoms with Gasteiger partial charge in [-0.05, 0) is 0 Å². The van der Waals surface area contributed by atoms with E-state index in [0.29, 0.717) is 22.3 Å². The van der Waals surface area contributed by atoms with Crippen molar-refractivity contribution in [1.29, 1.82) is 0 Å². The molecule has 13 heteroatoms. The molecule has 64 heavy (non-hydrogen) atoms. The Morgan fingerprint density at radius 3 is 1.73 bits per heavy atom. The second kappa shape index (κ2) is 18.7. The van der Waals surface area contributed by atoms with Gasteiger partial charge in [-0.1, -0.05) is 12.1 Å². The average Bonchev–Trinajstić information content (AvgIpc) is 3.95. The molecular weight excluding hydrogens is 886 g/mol. The van der Waals surface area contributed by atoms with Crippen LogP contribution in [0.2, 0.25) is 0 Å². The van der Waals surface area contributed by atoms with Gasteiger partial charge in [-0.3, -0.25) is 0 Å². The van der Waals surface area contributed by atoms with E-state index in [-0.39, 0.29) is 24.4 Å². The summed E-state index contributed by atoms with van der Waals surface area (Å²) in [6.45, 7) is 4.39. The SMILES string of the molecule is C=C[Si](OC[C@]1([Se]c2ccccc2)O[C@@H](n2cnc3c(N(C(=O)c4ccccc4)C(=O)c4ccccc4)ncnc32)C[C@@H]1OC(=O)c1ccccc1)(c1ccccc1)c1ccccc1. The van der Waals surface area contributed by atoms with Crippen molar-refractivity contribution in [1.82, 2.24) is 19.5 Å². The van der Waals surface area contributed by atoms with Crippen molar-refractivity contribution in [3.8, 4) is 0 Å². The molecule has 0 saturated carbocycles. The summed E-state index contributed by atoms with van der Waals surface area (Å²) in [7, 11) is -3.17. The molecular formula is C51H41N5O6SeSi. The molecule has 0 radical (unpaired) electrons. The predicted molar refractivity (Wildman–Crippen MR) is 248 cm³/mol. The number of amides is 2. The van der Waals surface area contributed by atoms with E-state index >= 15 is 0 Å². The number of hydrogen-bond acceptors (Lipinski definition) is 9. The second-order valence-electron chi connectivity index (χ2n) is 15.0. The number of rotatable bonds is 14. The number of hydrogen-bond donors (Lipinski definition) is 0. The first kappa shape index (κ1) is 42.2. The summed E-state index contributed by atoms with van der Waals surface area (Å²) in [6.07, 6.45) is 1.42. The maximum absolute atomic E-state index is 14.3. The molecule has 2 aromatic heterocycles. The zero-order chi connectivity index (χ0) is 43.9. The molecule has 0 spiro atoms. The second-order valence-corrected chi connectivity index (χ2v) is 21.1. The molecule has 0 bridgehead atoms. The minimum absolute atomic E-state index is 0.00657. The summed E-state index contributed by atoms with van der Waals surface area (Å²) in [4.78, 5) is 57.6. The Morgan fingerprint density at radius 1 is 0.703 bits per heavy atom. The topological polar surface area (TPSA) is 126 Å². The van der Waals surface area contributed by atoms with Gasteiger partial charge >= 0.3 is 367 Å². The Balaban J connectivity index is 1.16. The number of imidazole rings is 1. The van der Waals surface area contributed by atoms with Gasteiger partial charge < -0.3 is 0 Å². The van der Waals surface area contributed by atoms with Crippen LogP contribution in [0, 0.1) is 0 Å². The fraction of sp³-hybridized carbons (Fsp3) is 0.0980. The van der Waals surface area contributed by atoms with E-state index in [9.17, 15) is 14.4 Å². The van der Waals surface area contributed by atoms with Crippen LogP contribution in [-0.2, 0) is 13.9 Å². The first-order valence-electron chi connectivity index (χ1n) is 20.6. The molecule has 9 rings (SSSR count). The number of nitrogens with zero attached hydrogens (tertiary/aromatic N) is 5. The van der Waals surface area contributed by atoms with Crippen LogP contribution >= 0.6 is 0 Å². The van der Waals surface area contributed by atoms with Gasteiger partial charge in [0.25, 0.3) is 0 Å². The molecule has 1 aliphatic rings. The number of carbonyl (C=O) groups excluding carboxylic acids is 3. The maximum atomic E-state index is 14.3. The predicted octanol–water partition coefficient (Wildman–Crippen LogP) is 6.69. The average molecular weight is 927 g/mol. The first-order valence-corrected chi connectivity index (χ1v) is 24.3.